The van der Waals surface area contributed by atoms with Crippen LogP contribution in [-0.4, -0.2) is 11.7 Å². The van der Waals surface area contributed by atoms with E-state index in [1.54, 1.807) is 0 Å². The van der Waals surface area contributed by atoms with Gasteiger partial charge in [-0.2, -0.15) is 0 Å². The molecule has 2 rings (SSSR count). The second-order valence-corrected chi connectivity index (χ2v) is 6.31. The number of fused-ring (bicyclic) bond motifs is 1. The molecule has 0 unspecified atom stereocenters. The van der Waals surface area contributed by atoms with Crippen LogP contribution in [0.25, 0.3) is 0 Å². The highest BCUT2D eigenvalue weighted by Crippen LogP contribution is 2.46. The summed E-state index contributed by atoms with van der Waals surface area (Å²) in [5.74, 6) is 0. The van der Waals surface area contributed by atoms with Crippen LogP contribution in [0, 0.1) is 5.41 Å². The number of rotatable bonds is 0. The van der Waals surface area contributed by atoms with E-state index < -0.39 is 0 Å². The fraction of sp³-hybridized carbons (Fsp3) is 0.733. The fourth-order valence-corrected chi connectivity index (χ4v) is 2.57. The number of ether oxygens (including phenoxy) is 1. The molecule has 0 radical (unpaired) electrons. The molecule has 0 N–H and O–H groups in total. The van der Waals surface area contributed by atoms with Gasteiger partial charge in [0.25, 0.3) is 0 Å². The number of epoxide rings is 1. The van der Waals surface area contributed by atoms with E-state index in [1.807, 2.05) is 0 Å². The van der Waals surface area contributed by atoms with Crippen molar-refractivity contribution in [1.29, 1.82) is 0 Å². The first-order valence-electron chi connectivity index (χ1n) is 6.42. The maximum absolute atomic E-state index is 5.88. The number of hydrogen-bond acceptors (Lipinski definition) is 1. The summed E-state index contributed by atoms with van der Waals surface area (Å²) in [7, 11) is 0. The van der Waals surface area contributed by atoms with Crippen molar-refractivity contribution in [3.05, 3.63) is 23.8 Å². The van der Waals surface area contributed by atoms with Crippen molar-refractivity contribution in [2.75, 3.05) is 0 Å². The lowest BCUT2D eigenvalue weighted by Crippen LogP contribution is -2.16. The summed E-state index contributed by atoms with van der Waals surface area (Å²) in [4.78, 5) is 0. The van der Waals surface area contributed by atoms with Crippen LogP contribution >= 0.6 is 0 Å². The summed E-state index contributed by atoms with van der Waals surface area (Å²) in [6.45, 7) is 9.10. The van der Waals surface area contributed by atoms with Gasteiger partial charge in [0, 0.05) is 0 Å². The van der Waals surface area contributed by atoms with E-state index in [2.05, 4.69) is 45.9 Å². The zero-order valence-electron chi connectivity index (χ0n) is 11.0. The van der Waals surface area contributed by atoms with Crippen molar-refractivity contribution in [2.45, 2.75) is 65.1 Å². The van der Waals surface area contributed by atoms with Crippen LogP contribution in [0.15, 0.2) is 23.8 Å². The standard InChI is InChI=1S/C15H24O/c1-12-7-5-9-14(2,3)11-13-15(4,16-13)10-6-8-12/h5,8-9,13H,6-7,10-11H2,1-4H3/b9-5+,12-8-/t13-,15-/m1/s1. The van der Waals surface area contributed by atoms with Crippen LogP contribution in [0.5, 0.6) is 0 Å². The summed E-state index contributed by atoms with van der Waals surface area (Å²) in [5, 5.41) is 0. The molecule has 0 spiro atoms. The maximum Gasteiger partial charge on any atom is 0.0923 e. The number of allylic oxidation sites excluding steroid dienone is 4. The van der Waals surface area contributed by atoms with Crippen molar-refractivity contribution in [3.63, 3.8) is 0 Å². The third-order valence-electron chi connectivity index (χ3n) is 3.89. The zero-order chi connectivity index (χ0) is 11.8. The minimum Gasteiger partial charge on any atom is -0.366 e. The average molecular weight is 220 g/mol. The molecule has 1 fully saturated rings. The van der Waals surface area contributed by atoms with Gasteiger partial charge in [-0.15, -0.1) is 0 Å². The van der Waals surface area contributed by atoms with Crippen LogP contribution in [-0.2, 0) is 4.74 Å². The van der Waals surface area contributed by atoms with Gasteiger partial charge < -0.3 is 4.74 Å². The minimum atomic E-state index is 0.159. The lowest BCUT2D eigenvalue weighted by atomic mass is 9.84. The molecule has 2 atom stereocenters. The SMILES string of the molecule is C/C1=C/CC[C@@]2(C)O[C@@H]2CC(C)(C)/C=C/C1. The number of hydrogen-bond donors (Lipinski definition) is 0. The van der Waals surface area contributed by atoms with E-state index in [0.717, 1.165) is 19.3 Å². The van der Waals surface area contributed by atoms with Crippen LogP contribution in [0.3, 0.4) is 0 Å². The molecule has 1 aliphatic carbocycles. The molecule has 0 amide bonds. The van der Waals surface area contributed by atoms with E-state index in [4.69, 9.17) is 4.74 Å². The second kappa shape index (κ2) is 4.03. The molecule has 0 bridgehead atoms. The van der Waals surface area contributed by atoms with Gasteiger partial charge in [-0.3, -0.25) is 0 Å². The molecule has 90 valence electrons. The summed E-state index contributed by atoms with van der Waals surface area (Å²) >= 11 is 0. The third-order valence-corrected chi connectivity index (χ3v) is 3.89. The highest BCUT2D eigenvalue weighted by Gasteiger charge is 2.52. The molecule has 2 aliphatic rings. The van der Waals surface area contributed by atoms with Crippen molar-refractivity contribution in [1.82, 2.24) is 0 Å². The lowest BCUT2D eigenvalue weighted by molar-refractivity contribution is 0.280. The quantitative estimate of drug-likeness (QED) is 0.439. The zero-order valence-corrected chi connectivity index (χ0v) is 11.0. The summed E-state index contributed by atoms with van der Waals surface area (Å²) in [6.07, 6.45) is 12.1. The maximum atomic E-state index is 5.88. The van der Waals surface area contributed by atoms with Crippen molar-refractivity contribution >= 4 is 0 Å². The van der Waals surface area contributed by atoms with E-state index >= 15 is 0 Å². The molecule has 0 aromatic carbocycles. The largest absolute Gasteiger partial charge is 0.366 e. The smallest absolute Gasteiger partial charge is 0.0923 e. The molecular formula is C15H24O. The molecule has 1 heterocycles. The summed E-state index contributed by atoms with van der Waals surface area (Å²) in [6, 6.07) is 0. The predicted molar refractivity (Wildman–Crippen MR) is 68.4 cm³/mol. The van der Waals surface area contributed by atoms with Crippen LogP contribution in [0.1, 0.15) is 53.4 Å². The molecule has 1 aliphatic heterocycles. The highest BCUT2D eigenvalue weighted by atomic mass is 16.6. The molecule has 0 saturated carbocycles. The lowest BCUT2D eigenvalue weighted by Gasteiger charge is -2.19. The predicted octanol–water partition coefficient (Wildman–Crippen LogP) is 4.25. The van der Waals surface area contributed by atoms with Gasteiger partial charge in [-0.25, -0.2) is 0 Å². The monoisotopic (exact) mass is 220 g/mol. The Morgan fingerprint density at radius 1 is 1.31 bits per heavy atom. The Kier molecular flexibility index (Phi) is 3.00. The van der Waals surface area contributed by atoms with Gasteiger partial charge in [0.05, 0.1) is 11.7 Å². The van der Waals surface area contributed by atoms with Gasteiger partial charge in [0.1, 0.15) is 0 Å². The van der Waals surface area contributed by atoms with E-state index in [1.165, 1.54) is 12.0 Å². The molecule has 1 saturated heterocycles. The van der Waals surface area contributed by atoms with E-state index in [-0.39, 0.29) is 11.0 Å². The Hall–Kier alpha value is -0.560. The summed E-state index contributed by atoms with van der Waals surface area (Å²) < 4.78 is 5.88. The molecule has 1 heteroatoms. The Morgan fingerprint density at radius 2 is 2.06 bits per heavy atom. The molecule has 0 aromatic rings. The van der Waals surface area contributed by atoms with Gasteiger partial charge >= 0.3 is 0 Å². The first kappa shape index (κ1) is 11.9. The van der Waals surface area contributed by atoms with E-state index in [0.29, 0.717) is 6.10 Å². The van der Waals surface area contributed by atoms with Gasteiger partial charge in [-0.1, -0.05) is 37.6 Å². The Bertz CT molecular complexity index is 324. The Morgan fingerprint density at radius 3 is 2.81 bits per heavy atom. The van der Waals surface area contributed by atoms with E-state index in [9.17, 15) is 0 Å². The molecule has 16 heavy (non-hydrogen) atoms. The molecule has 1 nitrogen and oxygen atoms in total. The van der Waals surface area contributed by atoms with Gasteiger partial charge in [0.15, 0.2) is 0 Å². The first-order valence-corrected chi connectivity index (χ1v) is 6.42. The van der Waals surface area contributed by atoms with Gasteiger partial charge in [-0.05, 0) is 44.9 Å². The first-order chi connectivity index (χ1) is 7.41. The summed E-state index contributed by atoms with van der Waals surface area (Å²) in [5.41, 5.74) is 1.91. The fourth-order valence-electron chi connectivity index (χ4n) is 2.57. The topological polar surface area (TPSA) is 12.5 Å². The van der Waals surface area contributed by atoms with Crippen LogP contribution in [0.2, 0.25) is 0 Å². The van der Waals surface area contributed by atoms with Crippen molar-refractivity contribution in [2.24, 2.45) is 5.41 Å². The Balaban J connectivity index is 2.11. The second-order valence-electron chi connectivity index (χ2n) is 6.31. The van der Waals surface area contributed by atoms with Gasteiger partial charge in [0.2, 0.25) is 0 Å². The minimum absolute atomic E-state index is 0.159. The van der Waals surface area contributed by atoms with Crippen molar-refractivity contribution in [3.8, 4) is 0 Å². The molecule has 0 aromatic heterocycles. The van der Waals surface area contributed by atoms with Crippen molar-refractivity contribution < 1.29 is 4.74 Å². The van der Waals surface area contributed by atoms with Crippen LogP contribution < -0.4 is 0 Å². The highest BCUT2D eigenvalue weighted by molar-refractivity contribution is 5.12. The molecular weight excluding hydrogens is 196 g/mol. The third kappa shape index (κ3) is 2.76. The normalized spacial score (nSPS) is 43.5. The van der Waals surface area contributed by atoms with Crippen LogP contribution in [0.4, 0.5) is 0 Å². The average Bonchev–Trinajstić information content (AvgIpc) is 2.73. The Labute approximate surface area is 99.6 Å².